The van der Waals surface area contributed by atoms with Gasteiger partial charge in [0.1, 0.15) is 23.0 Å². The quantitative estimate of drug-likeness (QED) is 0.579. The fourth-order valence-corrected chi connectivity index (χ4v) is 1.83. The molecule has 3 N–H and O–H groups in total. The second-order valence-electron chi connectivity index (χ2n) is 3.95. The van der Waals surface area contributed by atoms with Gasteiger partial charge in [-0.1, -0.05) is 0 Å². The fourth-order valence-electron chi connectivity index (χ4n) is 1.83. The summed E-state index contributed by atoms with van der Waals surface area (Å²) in [4.78, 5) is 11.9. The van der Waals surface area contributed by atoms with Crippen molar-refractivity contribution in [2.75, 3.05) is 0 Å². The molecule has 0 saturated heterocycles. The molecule has 2 heterocycles. The Morgan fingerprint density at radius 3 is 2.53 bits per heavy atom. The molecule has 0 bridgehead atoms. The molecule has 0 atom stereocenters. The van der Waals surface area contributed by atoms with Crippen molar-refractivity contribution in [3.05, 3.63) is 40.9 Å². The summed E-state index contributed by atoms with van der Waals surface area (Å²) in [7, 11) is 0. The lowest BCUT2D eigenvalue weighted by Gasteiger charge is -2.05. The molecule has 3 rings (SSSR count). The number of aromatic hydroxyl groups is 3. The van der Waals surface area contributed by atoms with Gasteiger partial charge in [-0.25, -0.2) is 0 Å². The highest BCUT2D eigenvalue weighted by molar-refractivity contribution is 5.89. The number of phenols is 3. The minimum absolute atomic E-state index is 0.0310. The molecule has 0 radical (unpaired) electrons. The first-order valence-electron chi connectivity index (χ1n) is 5.32. The number of furan rings is 1. The number of hydrogen-bond donors (Lipinski definition) is 3. The van der Waals surface area contributed by atoms with E-state index < -0.39 is 22.7 Å². The topological polar surface area (TPSA) is 104 Å². The van der Waals surface area contributed by atoms with Crippen LogP contribution in [0.2, 0.25) is 0 Å². The van der Waals surface area contributed by atoms with Crippen LogP contribution in [0.5, 0.6) is 17.2 Å². The van der Waals surface area contributed by atoms with E-state index in [1.54, 1.807) is 6.07 Å². The second-order valence-corrected chi connectivity index (χ2v) is 3.95. The first kappa shape index (κ1) is 11.2. The molecule has 3 aromatic rings. The Kier molecular flexibility index (Phi) is 2.25. The Morgan fingerprint density at radius 1 is 1.05 bits per heavy atom. The molecule has 0 aliphatic carbocycles. The third-order valence-electron chi connectivity index (χ3n) is 2.75. The van der Waals surface area contributed by atoms with Crippen molar-refractivity contribution in [3.63, 3.8) is 0 Å². The van der Waals surface area contributed by atoms with Crippen molar-refractivity contribution in [2.24, 2.45) is 0 Å². The standard InChI is InChI=1S/C13H8O6/c14-7-3-9(6-1-2-18-5-6)19-10-4-8(15)12(16)13(17)11(7)10/h1-5,15-17H. The lowest BCUT2D eigenvalue weighted by atomic mass is 10.1. The van der Waals surface area contributed by atoms with Crippen LogP contribution in [0.3, 0.4) is 0 Å². The van der Waals surface area contributed by atoms with Crippen molar-refractivity contribution in [1.29, 1.82) is 0 Å². The van der Waals surface area contributed by atoms with Gasteiger partial charge in [0, 0.05) is 12.1 Å². The van der Waals surface area contributed by atoms with Crippen molar-refractivity contribution < 1.29 is 24.2 Å². The Balaban J connectivity index is 2.39. The zero-order chi connectivity index (χ0) is 13.6. The van der Waals surface area contributed by atoms with Crippen molar-refractivity contribution >= 4 is 11.0 Å². The molecule has 0 unspecified atom stereocenters. The smallest absolute Gasteiger partial charge is 0.201 e. The van der Waals surface area contributed by atoms with Gasteiger partial charge in [0.2, 0.25) is 5.75 Å². The highest BCUT2D eigenvalue weighted by Crippen LogP contribution is 2.40. The number of hydrogen-bond acceptors (Lipinski definition) is 6. The molecule has 1 aromatic carbocycles. The van der Waals surface area contributed by atoms with Crippen molar-refractivity contribution in [2.45, 2.75) is 0 Å². The maximum absolute atomic E-state index is 11.9. The van der Waals surface area contributed by atoms with Crippen LogP contribution in [0, 0.1) is 0 Å². The van der Waals surface area contributed by atoms with Crippen LogP contribution in [0.1, 0.15) is 0 Å². The van der Waals surface area contributed by atoms with E-state index in [0.29, 0.717) is 5.56 Å². The van der Waals surface area contributed by atoms with E-state index in [4.69, 9.17) is 8.83 Å². The van der Waals surface area contributed by atoms with E-state index >= 15 is 0 Å². The van der Waals surface area contributed by atoms with Crippen molar-refractivity contribution in [1.82, 2.24) is 0 Å². The first-order chi connectivity index (χ1) is 9.08. The predicted octanol–water partition coefficient (Wildman–Crippen LogP) is 2.17. The van der Waals surface area contributed by atoms with E-state index in [9.17, 15) is 20.1 Å². The zero-order valence-electron chi connectivity index (χ0n) is 9.45. The molecule has 96 valence electrons. The largest absolute Gasteiger partial charge is 0.504 e. The second kappa shape index (κ2) is 3.81. The number of fused-ring (bicyclic) bond motifs is 1. The zero-order valence-corrected chi connectivity index (χ0v) is 9.45. The summed E-state index contributed by atoms with van der Waals surface area (Å²) in [5, 5.41) is 28.3. The molecule has 6 nitrogen and oxygen atoms in total. The average Bonchev–Trinajstić information content (AvgIpc) is 2.89. The highest BCUT2D eigenvalue weighted by Gasteiger charge is 2.17. The van der Waals surface area contributed by atoms with Crippen LogP contribution < -0.4 is 5.43 Å². The summed E-state index contributed by atoms with van der Waals surface area (Å²) in [6, 6.07) is 3.84. The molecule has 0 saturated carbocycles. The molecular formula is C13H8O6. The monoisotopic (exact) mass is 260 g/mol. The van der Waals surface area contributed by atoms with E-state index in [1.165, 1.54) is 18.6 Å². The molecule has 0 fully saturated rings. The average molecular weight is 260 g/mol. The molecule has 2 aromatic heterocycles. The third-order valence-corrected chi connectivity index (χ3v) is 2.75. The summed E-state index contributed by atoms with van der Waals surface area (Å²) >= 11 is 0. The van der Waals surface area contributed by atoms with Crippen LogP contribution in [-0.4, -0.2) is 15.3 Å². The van der Waals surface area contributed by atoms with Gasteiger partial charge in [-0.3, -0.25) is 4.79 Å². The predicted molar refractivity (Wildman–Crippen MR) is 65.2 cm³/mol. The van der Waals surface area contributed by atoms with Gasteiger partial charge < -0.3 is 24.2 Å². The molecule has 0 spiro atoms. The van der Waals surface area contributed by atoms with Gasteiger partial charge in [0.15, 0.2) is 16.9 Å². The minimum atomic E-state index is -0.754. The lowest BCUT2D eigenvalue weighted by Crippen LogP contribution is -2.00. The lowest BCUT2D eigenvalue weighted by molar-refractivity contribution is 0.370. The van der Waals surface area contributed by atoms with Gasteiger partial charge in [-0.05, 0) is 6.07 Å². The van der Waals surface area contributed by atoms with E-state index in [-0.39, 0.29) is 16.7 Å². The molecular weight excluding hydrogens is 252 g/mol. The minimum Gasteiger partial charge on any atom is -0.504 e. The number of phenolic OH excluding ortho intramolecular Hbond substituents is 3. The Hall–Kier alpha value is -2.89. The van der Waals surface area contributed by atoms with E-state index in [2.05, 4.69) is 0 Å². The molecule has 0 aliphatic rings. The van der Waals surface area contributed by atoms with Crippen LogP contribution in [0.4, 0.5) is 0 Å². The van der Waals surface area contributed by atoms with Crippen molar-refractivity contribution in [3.8, 4) is 28.6 Å². The molecule has 0 amide bonds. The third kappa shape index (κ3) is 1.61. The number of benzene rings is 1. The maximum Gasteiger partial charge on any atom is 0.201 e. The number of rotatable bonds is 1. The summed E-state index contributed by atoms with van der Waals surface area (Å²) in [5.74, 6) is -1.80. The Labute approximate surface area is 105 Å². The molecule has 6 heteroatoms. The first-order valence-corrected chi connectivity index (χ1v) is 5.32. The van der Waals surface area contributed by atoms with Crippen LogP contribution in [-0.2, 0) is 0 Å². The Bertz CT molecular complexity index is 813. The van der Waals surface area contributed by atoms with Gasteiger partial charge in [0.25, 0.3) is 0 Å². The van der Waals surface area contributed by atoms with Gasteiger partial charge in [-0.2, -0.15) is 0 Å². The normalized spacial score (nSPS) is 10.9. The summed E-state index contributed by atoms with van der Waals surface area (Å²) in [6.45, 7) is 0. The van der Waals surface area contributed by atoms with E-state index in [0.717, 1.165) is 6.07 Å². The van der Waals surface area contributed by atoms with Gasteiger partial charge >= 0.3 is 0 Å². The van der Waals surface area contributed by atoms with Gasteiger partial charge in [0.05, 0.1) is 11.8 Å². The van der Waals surface area contributed by atoms with Crippen LogP contribution in [0.25, 0.3) is 22.3 Å². The molecule has 19 heavy (non-hydrogen) atoms. The Morgan fingerprint density at radius 2 is 1.84 bits per heavy atom. The van der Waals surface area contributed by atoms with Crippen LogP contribution in [0.15, 0.2) is 44.4 Å². The summed E-state index contributed by atoms with van der Waals surface area (Å²) in [6.07, 6.45) is 2.82. The molecule has 0 aliphatic heterocycles. The summed E-state index contributed by atoms with van der Waals surface area (Å²) < 4.78 is 10.3. The van der Waals surface area contributed by atoms with Gasteiger partial charge in [-0.15, -0.1) is 0 Å². The highest BCUT2D eigenvalue weighted by atomic mass is 16.4. The SMILES string of the molecule is O=c1cc(-c2ccoc2)oc2cc(O)c(O)c(O)c12. The summed E-state index contributed by atoms with van der Waals surface area (Å²) in [5.41, 5.74) is -0.0206. The fraction of sp³-hybridized carbons (Fsp3) is 0. The maximum atomic E-state index is 11.9. The van der Waals surface area contributed by atoms with E-state index in [1.807, 2.05) is 0 Å². The van der Waals surface area contributed by atoms with Crippen LogP contribution >= 0.6 is 0 Å².